The highest BCUT2D eigenvalue weighted by molar-refractivity contribution is 7.12. The molecule has 0 radical (unpaired) electrons. The monoisotopic (exact) mass is 252 g/mol. The number of thiophene rings is 1. The Morgan fingerprint density at radius 2 is 2.35 bits per heavy atom. The van der Waals surface area contributed by atoms with Gasteiger partial charge in [-0.2, -0.15) is 0 Å². The number of hydrogen-bond donors (Lipinski definition) is 1. The van der Waals surface area contributed by atoms with Crippen molar-refractivity contribution in [3.63, 3.8) is 0 Å². The Labute approximate surface area is 105 Å². The molecule has 0 fully saturated rings. The van der Waals surface area contributed by atoms with Gasteiger partial charge in [-0.05, 0) is 17.9 Å². The molecule has 0 saturated carbocycles. The van der Waals surface area contributed by atoms with Crippen LogP contribution in [-0.4, -0.2) is 36.9 Å². The van der Waals surface area contributed by atoms with Crippen molar-refractivity contribution in [1.29, 1.82) is 0 Å². The summed E-state index contributed by atoms with van der Waals surface area (Å²) < 4.78 is 0. The van der Waals surface area contributed by atoms with E-state index in [0.717, 1.165) is 6.42 Å². The van der Waals surface area contributed by atoms with Gasteiger partial charge in [-0.1, -0.05) is 12.1 Å². The number of carbonyl (C=O) groups excluding carboxylic acids is 2. The molecule has 1 N–H and O–H groups in total. The highest BCUT2D eigenvalue weighted by Crippen LogP contribution is 2.10. The second-order valence-corrected chi connectivity index (χ2v) is 4.51. The molecule has 0 saturated heterocycles. The van der Waals surface area contributed by atoms with Crippen molar-refractivity contribution in [2.75, 3.05) is 20.1 Å². The third-order valence-corrected chi connectivity index (χ3v) is 2.99. The van der Waals surface area contributed by atoms with Crippen molar-refractivity contribution >= 4 is 23.2 Å². The lowest BCUT2D eigenvalue weighted by molar-refractivity contribution is -0.121. The molecule has 0 atom stereocenters. The van der Waals surface area contributed by atoms with E-state index in [1.165, 1.54) is 16.2 Å². The minimum atomic E-state index is -0.153. The molecule has 2 amide bonds. The molecule has 4 nitrogen and oxygen atoms in total. The van der Waals surface area contributed by atoms with Crippen LogP contribution in [0.15, 0.2) is 30.2 Å². The average Bonchev–Trinajstić information content (AvgIpc) is 2.81. The zero-order chi connectivity index (χ0) is 12.7. The molecular weight excluding hydrogens is 236 g/mol. The molecular formula is C12H16N2O2S. The Morgan fingerprint density at radius 1 is 1.59 bits per heavy atom. The number of likely N-dealkylation sites (N-methyl/N-ethyl adjacent to an activating group) is 1. The molecule has 0 bridgehead atoms. The number of rotatable bonds is 6. The van der Waals surface area contributed by atoms with E-state index < -0.39 is 0 Å². The Morgan fingerprint density at radius 3 is 2.94 bits per heavy atom. The quantitative estimate of drug-likeness (QED) is 0.616. The zero-order valence-electron chi connectivity index (χ0n) is 9.81. The van der Waals surface area contributed by atoms with E-state index >= 15 is 0 Å². The third kappa shape index (κ3) is 4.40. The second kappa shape index (κ2) is 6.85. The molecule has 0 unspecified atom stereocenters. The molecule has 0 spiro atoms. The van der Waals surface area contributed by atoms with Gasteiger partial charge in [-0.15, -0.1) is 17.9 Å². The van der Waals surface area contributed by atoms with Crippen molar-refractivity contribution in [1.82, 2.24) is 10.2 Å². The highest BCUT2D eigenvalue weighted by Gasteiger charge is 2.14. The second-order valence-electron chi connectivity index (χ2n) is 3.57. The smallest absolute Gasteiger partial charge is 0.264 e. The zero-order valence-corrected chi connectivity index (χ0v) is 10.6. The minimum absolute atomic E-state index is 0.0773. The van der Waals surface area contributed by atoms with Crippen LogP contribution < -0.4 is 5.32 Å². The van der Waals surface area contributed by atoms with Crippen molar-refractivity contribution < 1.29 is 9.59 Å². The molecule has 1 rings (SSSR count). The Bertz CT molecular complexity index is 387. The number of hydrogen-bond acceptors (Lipinski definition) is 3. The van der Waals surface area contributed by atoms with Gasteiger partial charge in [-0.3, -0.25) is 9.59 Å². The Hall–Kier alpha value is -1.62. The SMILES string of the molecule is C=CCCNC(=O)CN(C)C(=O)c1cccs1. The van der Waals surface area contributed by atoms with Crippen molar-refractivity contribution in [2.24, 2.45) is 0 Å². The number of carbonyl (C=O) groups is 2. The molecule has 17 heavy (non-hydrogen) atoms. The van der Waals surface area contributed by atoms with Crippen LogP contribution >= 0.6 is 11.3 Å². The summed E-state index contributed by atoms with van der Waals surface area (Å²) in [6.07, 6.45) is 2.47. The van der Waals surface area contributed by atoms with Crippen LogP contribution in [0, 0.1) is 0 Å². The first kappa shape index (κ1) is 13.4. The third-order valence-electron chi connectivity index (χ3n) is 2.13. The van der Waals surface area contributed by atoms with Crippen LogP contribution in [0.2, 0.25) is 0 Å². The van der Waals surface area contributed by atoms with E-state index in [1.807, 2.05) is 11.4 Å². The fourth-order valence-corrected chi connectivity index (χ4v) is 1.96. The molecule has 92 valence electrons. The number of amides is 2. The summed E-state index contributed by atoms with van der Waals surface area (Å²) in [5.74, 6) is -0.280. The van der Waals surface area contributed by atoms with Crippen LogP contribution in [-0.2, 0) is 4.79 Å². The summed E-state index contributed by atoms with van der Waals surface area (Å²) in [6.45, 7) is 4.20. The molecule has 0 aromatic carbocycles. The van der Waals surface area contributed by atoms with Crippen molar-refractivity contribution in [2.45, 2.75) is 6.42 Å². The van der Waals surface area contributed by atoms with E-state index in [0.29, 0.717) is 11.4 Å². The molecule has 1 heterocycles. The largest absolute Gasteiger partial charge is 0.354 e. The van der Waals surface area contributed by atoms with Gasteiger partial charge in [0, 0.05) is 13.6 Å². The fraction of sp³-hybridized carbons (Fsp3) is 0.333. The van der Waals surface area contributed by atoms with E-state index in [-0.39, 0.29) is 18.4 Å². The summed E-state index contributed by atoms with van der Waals surface area (Å²) in [4.78, 5) is 25.3. The van der Waals surface area contributed by atoms with Gasteiger partial charge in [0.05, 0.1) is 11.4 Å². The molecule has 1 aromatic heterocycles. The summed E-state index contributed by atoms with van der Waals surface area (Å²) in [5.41, 5.74) is 0. The van der Waals surface area contributed by atoms with Gasteiger partial charge >= 0.3 is 0 Å². The highest BCUT2D eigenvalue weighted by atomic mass is 32.1. The van der Waals surface area contributed by atoms with Crippen molar-refractivity contribution in [3.05, 3.63) is 35.0 Å². The minimum Gasteiger partial charge on any atom is -0.354 e. The van der Waals surface area contributed by atoms with Crippen LogP contribution in [0.3, 0.4) is 0 Å². The molecule has 0 aliphatic heterocycles. The van der Waals surface area contributed by atoms with E-state index in [1.54, 1.807) is 19.2 Å². The van der Waals surface area contributed by atoms with E-state index in [4.69, 9.17) is 0 Å². The summed E-state index contributed by atoms with van der Waals surface area (Å²) in [7, 11) is 1.62. The fourth-order valence-electron chi connectivity index (χ4n) is 1.25. The van der Waals surface area contributed by atoms with Gasteiger partial charge in [0.15, 0.2) is 0 Å². The van der Waals surface area contributed by atoms with Gasteiger partial charge < -0.3 is 10.2 Å². The lowest BCUT2D eigenvalue weighted by Crippen LogP contribution is -2.38. The van der Waals surface area contributed by atoms with E-state index in [2.05, 4.69) is 11.9 Å². The standard InChI is InChI=1S/C12H16N2O2S/c1-3-4-7-13-11(15)9-14(2)12(16)10-6-5-8-17-10/h3,5-6,8H,1,4,7,9H2,2H3,(H,13,15). The molecule has 1 aromatic rings. The number of nitrogens with zero attached hydrogens (tertiary/aromatic N) is 1. The van der Waals surface area contributed by atoms with Gasteiger partial charge in [0.1, 0.15) is 0 Å². The maximum atomic E-state index is 11.8. The van der Waals surface area contributed by atoms with Crippen molar-refractivity contribution in [3.8, 4) is 0 Å². The maximum Gasteiger partial charge on any atom is 0.264 e. The Kier molecular flexibility index (Phi) is 5.42. The first-order valence-electron chi connectivity index (χ1n) is 5.31. The summed E-state index contributed by atoms with van der Waals surface area (Å²) in [5, 5.41) is 4.55. The maximum absolute atomic E-state index is 11.8. The van der Waals surface area contributed by atoms with Crippen LogP contribution in [0.1, 0.15) is 16.1 Å². The van der Waals surface area contributed by atoms with Crippen LogP contribution in [0.4, 0.5) is 0 Å². The number of nitrogens with one attached hydrogen (secondary N) is 1. The molecule has 0 aliphatic carbocycles. The lowest BCUT2D eigenvalue weighted by atomic mass is 10.4. The Balaban J connectivity index is 2.38. The molecule has 5 heteroatoms. The van der Waals surface area contributed by atoms with Crippen LogP contribution in [0.5, 0.6) is 0 Å². The van der Waals surface area contributed by atoms with Gasteiger partial charge in [-0.25, -0.2) is 0 Å². The normalized spacial score (nSPS) is 9.71. The first-order valence-corrected chi connectivity index (χ1v) is 6.19. The predicted octanol–water partition coefficient (Wildman–Crippen LogP) is 1.51. The topological polar surface area (TPSA) is 49.4 Å². The van der Waals surface area contributed by atoms with Gasteiger partial charge in [0.25, 0.3) is 5.91 Å². The molecule has 0 aliphatic rings. The van der Waals surface area contributed by atoms with Crippen LogP contribution in [0.25, 0.3) is 0 Å². The average molecular weight is 252 g/mol. The summed E-state index contributed by atoms with van der Waals surface area (Å²) in [6, 6.07) is 3.56. The predicted molar refractivity (Wildman–Crippen MR) is 69.1 cm³/mol. The van der Waals surface area contributed by atoms with E-state index in [9.17, 15) is 9.59 Å². The first-order chi connectivity index (χ1) is 8.15. The van der Waals surface area contributed by atoms with Gasteiger partial charge in [0.2, 0.25) is 5.91 Å². The lowest BCUT2D eigenvalue weighted by Gasteiger charge is -2.15. The summed E-state index contributed by atoms with van der Waals surface area (Å²) >= 11 is 1.37.